The predicted octanol–water partition coefficient (Wildman–Crippen LogP) is 4.16. The Bertz CT molecular complexity index is 1310. The van der Waals surface area contributed by atoms with E-state index in [0.717, 1.165) is 17.6 Å². The van der Waals surface area contributed by atoms with Crippen molar-refractivity contribution in [3.05, 3.63) is 53.3 Å². The average molecular weight is 535 g/mol. The largest absolute Gasteiger partial charge is 0.481 e. The molecule has 0 saturated carbocycles. The molecule has 2 aromatic carbocycles. The van der Waals surface area contributed by atoms with Gasteiger partial charge in [0.05, 0.1) is 5.52 Å². The van der Waals surface area contributed by atoms with Crippen LogP contribution in [0.2, 0.25) is 0 Å². The lowest BCUT2D eigenvalue weighted by Gasteiger charge is -2.22. The number of aromatic nitrogens is 3. The van der Waals surface area contributed by atoms with Crippen LogP contribution in [0.3, 0.4) is 0 Å². The summed E-state index contributed by atoms with van der Waals surface area (Å²) in [6.45, 7) is 0.310. The first kappa shape index (κ1) is 25.7. The number of H-pyrrole nitrogens is 1. The fourth-order valence-electron chi connectivity index (χ4n) is 5.00. The zero-order valence-corrected chi connectivity index (χ0v) is 20.2. The van der Waals surface area contributed by atoms with Gasteiger partial charge in [-0.3, -0.25) is 9.89 Å². The number of alkyl halides is 3. The Hall–Kier alpha value is -3.90. The molecular formula is C25H25F4N5O4. The maximum absolute atomic E-state index is 14.1. The highest BCUT2D eigenvalue weighted by atomic mass is 19.4. The van der Waals surface area contributed by atoms with E-state index in [1.54, 1.807) is 23.1 Å². The Labute approximate surface area is 214 Å². The molecule has 2 fully saturated rings. The standard InChI is InChI=1S/C25H25F4N5O4/c26-19-9-15(1-4-22(19)38-14-25(27,28)29)13-37-24(36)33-7-5-17-11-34(12-18(17)6-8-33)23(35)16-2-3-20-21(10-16)31-32-30-20/h1-4,9-10,17-18H,5-8,11-14H2,(H,30,31,32). The second-order valence-corrected chi connectivity index (χ2v) is 9.56. The molecule has 0 aliphatic carbocycles. The van der Waals surface area contributed by atoms with Gasteiger partial charge in [-0.1, -0.05) is 11.3 Å². The summed E-state index contributed by atoms with van der Waals surface area (Å²) < 4.78 is 60.6. The van der Waals surface area contributed by atoms with Gasteiger partial charge in [0.2, 0.25) is 0 Å². The summed E-state index contributed by atoms with van der Waals surface area (Å²) in [6, 6.07) is 8.67. The Kier molecular flexibility index (Phi) is 7.09. The fourth-order valence-corrected chi connectivity index (χ4v) is 5.00. The van der Waals surface area contributed by atoms with E-state index in [-0.39, 0.29) is 24.3 Å². The van der Waals surface area contributed by atoms with E-state index in [0.29, 0.717) is 55.7 Å². The summed E-state index contributed by atoms with van der Waals surface area (Å²) in [4.78, 5) is 29.1. The molecule has 2 saturated heterocycles. The van der Waals surface area contributed by atoms with Gasteiger partial charge in [0.15, 0.2) is 18.2 Å². The summed E-state index contributed by atoms with van der Waals surface area (Å²) in [6.07, 6.45) is -3.69. The zero-order chi connectivity index (χ0) is 26.9. The number of likely N-dealkylation sites (tertiary alicyclic amines) is 2. The number of rotatable bonds is 5. The van der Waals surface area contributed by atoms with Gasteiger partial charge in [-0.25, -0.2) is 9.18 Å². The molecule has 3 heterocycles. The topological polar surface area (TPSA) is 101 Å². The lowest BCUT2D eigenvalue weighted by atomic mass is 9.92. The number of hydrogen-bond acceptors (Lipinski definition) is 6. The number of hydrogen-bond donors (Lipinski definition) is 1. The van der Waals surface area contributed by atoms with Crippen molar-refractivity contribution >= 4 is 23.0 Å². The van der Waals surface area contributed by atoms with Gasteiger partial charge in [0.25, 0.3) is 5.91 Å². The number of ether oxygens (including phenoxy) is 2. The zero-order valence-electron chi connectivity index (χ0n) is 20.2. The van der Waals surface area contributed by atoms with Crippen LogP contribution in [-0.4, -0.2) is 76.2 Å². The number of fused-ring (bicyclic) bond motifs is 2. The van der Waals surface area contributed by atoms with Gasteiger partial charge in [0.1, 0.15) is 12.1 Å². The number of halogens is 4. The van der Waals surface area contributed by atoms with E-state index in [2.05, 4.69) is 20.1 Å². The molecule has 1 aromatic heterocycles. The van der Waals surface area contributed by atoms with E-state index >= 15 is 0 Å². The molecule has 38 heavy (non-hydrogen) atoms. The van der Waals surface area contributed by atoms with Crippen molar-refractivity contribution in [1.82, 2.24) is 25.2 Å². The molecule has 2 amide bonds. The van der Waals surface area contributed by atoms with E-state index in [1.165, 1.54) is 6.07 Å². The summed E-state index contributed by atoms with van der Waals surface area (Å²) in [5.74, 6) is -1.04. The summed E-state index contributed by atoms with van der Waals surface area (Å²) in [5.41, 5.74) is 2.24. The molecule has 2 aliphatic heterocycles. The van der Waals surface area contributed by atoms with Crippen LogP contribution in [-0.2, 0) is 11.3 Å². The van der Waals surface area contributed by atoms with Crippen LogP contribution in [0.4, 0.5) is 22.4 Å². The first-order chi connectivity index (χ1) is 18.2. The van der Waals surface area contributed by atoms with E-state index < -0.39 is 30.4 Å². The quantitative estimate of drug-likeness (QED) is 0.493. The van der Waals surface area contributed by atoms with Crippen molar-refractivity contribution in [2.24, 2.45) is 11.8 Å². The first-order valence-electron chi connectivity index (χ1n) is 12.2. The molecule has 0 spiro atoms. The second kappa shape index (κ2) is 10.5. The molecule has 2 aliphatic rings. The molecule has 2 atom stereocenters. The van der Waals surface area contributed by atoms with Crippen molar-refractivity contribution in [2.45, 2.75) is 25.6 Å². The molecule has 9 nitrogen and oxygen atoms in total. The van der Waals surface area contributed by atoms with Crippen LogP contribution < -0.4 is 4.74 Å². The predicted molar refractivity (Wildman–Crippen MR) is 126 cm³/mol. The van der Waals surface area contributed by atoms with Gasteiger partial charge < -0.3 is 19.3 Å². The third kappa shape index (κ3) is 5.81. The van der Waals surface area contributed by atoms with E-state index in [9.17, 15) is 27.2 Å². The van der Waals surface area contributed by atoms with Gasteiger partial charge >= 0.3 is 12.3 Å². The van der Waals surface area contributed by atoms with Crippen LogP contribution in [0.15, 0.2) is 36.4 Å². The Morgan fingerprint density at radius 3 is 2.45 bits per heavy atom. The Balaban J connectivity index is 1.11. The molecule has 0 radical (unpaired) electrons. The summed E-state index contributed by atoms with van der Waals surface area (Å²) in [7, 11) is 0. The highest BCUT2D eigenvalue weighted by molar-refractivity contribution is 5.97. The smallest absolute Gasteiger partial charge is 0.422 e. The van der Waals surface area contributed by atoms with Gasteiger partial charge in [0, 0.05) is 31.7 Å². The third-order valence-electron chi connectivity index (χ3n) is 6.98. The van der Waals surface area contributed by atoms with Crippen molar-refractivity contribution in [3.8, 4) is 5.75 Å². The number of benzene rings is 2. The average Bonchev–Trinajstić information content (AvgIpc) is 3.47. The molecule has 5 rings (SSSR count). The van der Waals surface area contributed by atoms with E-state index in [4.69, 9.17) is 4.74 Å². The van der Waals surface area contributed by atoms with Crippen LogP contribution in [0, 0.1) is 17.7 Å². The van der Waals surface area contributed by atoms with Crippen molar-refractivity contribution in [3.63, 3.8) is 0 Å². The minimum absolute atomic E-state index is 0.0544. The molecule has 1 N–H and O–H groups in total. The van der Waals surface area contributed by atoms with Crippen molar-refractivity contribution in [2.75, 3.05) is 32.8 Å². The number of amides is 2. The number of aromatic amines is 1. The monoisotopic (exact) mass is 535 g/mol. The number of carbonyl (C=O) groups excluding carboxylic acids is 2. The maximum Gasteiger partial charge on any atom is 0.422 e. The minimum Gasteiger partial charge on any atom is -0.481 e. The van der Waals surface area contributed by atoms with Crippen molar-refractivity contribution < 1.29 is 36.6 Å². The van der Waals surface area contributed by atoms with Crippen LogP contribution >= 0.6 is 0 Å². The minimum atomic E-state index is -4.58. The van der Waals surface area contributed by atoms with E-state index in [1.807, 2.05) is 4.90 Å². The molecule has 3 aromatic rings. The fraction of sp³-hybridized carbons (Fsp3) is 0.440. The molecule has 13 heteroatoms. The summed E-state index contributed by atoms with van der Waals surface area (Å²) in [5, 5.41) is 10.5. The number of nitrogens with one attached hydrogen (secondary N) is 1. The normalized spacial score (nSPS) is 19.8. The number of nitrogens with zero attached hydrogens (tertiary/aromatic N) is 4. The third-order valence-corrected chi connectivity index (χ3v) is 6.98. The SMILES string of the molecule is O=C(OCc1ccc(OCC(F)(F)F)c(F)c1)N1CCC2CN(C(=O)c3ccc4[nH]nnc4c3)CC2CC1. The first-order valence-corrected chi connectivity index (χ1v) is 12.2. The highest BCUT2D eigenvalue weighted by Gasteiger charge is 2.38. The lowest BCUT2D eigenvalue weighted by molar-refractivity contribution is -0.153. The van der Waals surface area contributed by atoms with Gasteiger partial charge in [-0.15, -0.1) is 5.10 Å². The maximum atomic E-state index is 14.1. The lowest BCUT2D eigenvalue weighted by Crippen LogP contribution is -2.34. The van der Waals surface area contributed by atoms with Crippen LogP contribution in [0.25, 0.3) is 11.0 Å². The Morgan fingerprint density at radius 1 is 1.03 bits per heavy atom. The summed E-state index contributed by atoms with van der Waals surface area (Å²) >= 11 is 0. The van der Waals surface area contributed by atoms with Gasteiger partial charge in [-0.2, -0.15) is 13.2 Å². The Morgan fingerprint density at radius 2 is 1.76 bits per heavy atom. The van der Waals surface area contributed by atoms with Crippen molar-refractivity contribution in [1.29, 1.82) is 0 Å². The molecular weight excluding hydrogens is 510 g/mol. The molecule has 2 unspecified atom stereocenters. The molecule has 0 bridgehead atoms. The highest BCUT2D eigenvalue weighted by Crippen LogP contribution is 2.33. The van der Waals surface area contributed by atoms with Gasteiger partial charge in [-0.05, 0) is 60.6 Å². The van der Waals surface area contributed by atoms with Crippen LogP contribution in [0.1, 0.15) is 28.8 Å². The van der Waals surface area contributed by atoms with Crippen LogP contribution in [0.5, 0.6) is 5.75 Å². The number of carbonyl (C=O) groups is 2. The molecule has 202 valence electrons. The second-order valence-electron chi connectivity index (χ2n) is 9.56.